The van der Waals surface area contributed by atoms with Crippen molar-refractivity contribution < 1.29 is 27.6 Å². The molecule has 1 saturated heterocycles. The molecule has 2 aromatic rings. The zero-order chi connectivity index (χ0) is 21.7. The van der Waals surface area contributed by atoms with E-state index in [1.165, 1.54) is 29.0 Å². The molecule has 0 unspecified atom stereocenters. The summed E-state index contributed by atoms with van der Waals surface area (Å²) in [6.45, 7) is -0.559. The molecule has 0 atom stereocenters. The summed E-state index contributed by atoms with van der Waals surface area (Å²) in [5.41, 5.74) is -0.380. The number of Topliss-reactive ketones (excluding diaryl/α,β-unsaturated/α-hetero) is 1. The van der Waals surface area contributed by atoms with Crippen LogP contribution in [-0.2, 0) is 11.8 Å². The Hall–Kier alpha value is -3.17. The van der Waals surface area contributed by atoms with Crippen molar-refractivity contribution in [2.45, 2.75) is 37.1 Å². The zero-order valence-corrected chi connectivity index (χ0v) is 16.1. The van der Waals surface area contributed by atoms with Crippen molar-refractivity contribution in [3.8, 4) is 11.3 Å². The van der Waals surface area contributed by atoms with Crippen LogP contribution < -0.4 is 5.32 Å². The molecule has 0 radical (unpaired) electrons. The summed E-state index contributed by atoms with van der Waals surface area (Å²) in [4.78, 5) is 42.7. The fraction of sp³-hybridized carbons (Fsp3) is 0.400. The smallest absolute Gasteiger partial charge is 0.325 e. The van der Waals surface area contributed by atoms with Crippen LogP contribution in [-0.4, -0.2) is 50.2 Å². The quantitative estimate of drug-likeness (QED) is 0.609. The van der Waals surface area contributed by atoms with E-state index >= 15 is 0 Å². The molecule has 7 nitrogen and oxygen atoms in total. The van der Waals surface area contributed by atoms with Gasteiger partial charge in [0.2, 0.25) is 11.7 Å². The van der Waals surface area contributed by atoms with Crippen LogP contribution >= 0.6 is 0 Å². The van der Waals surface area contributed by atoms with Crippen molar-refractivity contribution in [3.63, 3.8) is 0 Å². The first kappa shape index (κ1) is 20.1. The monoisotopic (exact) mass is 420 g/mol. The number of urea groups is 1. The number of halogens is 3. The molecular weight excluding hydrogens is 401 g/mol. The molecule has 4 rings (SSSR count). The lowest BCUT2D eigenvalue weighted by atomic mass is 9.80. The summed E-state index contributed by atoms with van der Waals surface area (Å²) in [7, 11) is 1.57. The van der Waals surface area contributed by atoms with Gasteiger partial charge in [0.25, 0.3) is 5.91 Å². The first-order chi connectivity index (χ1) is 14.1. The molecule has 158 valence electrons. The summed E-state index contributed by atoms with van der Waals surface area (Å²) in [5, 5.41) is 2.50. The lowest BCUT2D eigenvalue weighted by molar-refractivity contribution is -0.135. The number of imide groups is 1. The van der Waals surface area contributed by atoms with E-state index in [1.807, 2.05) is 0 Å². The minimum absolute atomic E-state index is 0.00834. The number of alkyl halides is 2. The van der Waals surface area contributed by atoms with E-state index in [9.17, 15) is 27.6 Å². The molecule has 1 spiro atoms. The first-order valence-electron chi connectivity index (χ1n) is 9.45. The predicted molar refractivity (Wildman–Crippen MR) is 99.3 cm³/mol. The molecule has 1 aliphatic carbocycles. The maximum Gasteiger partial charge on any atom is 0.325 e. The average molecular weight is 420 g/mol. The largest absolute Gasteiger partial charge is 0.325 e. The van der Waals surface area contributed by atoms with Crippen LogP contribution in [0.5, 0.6) is 0 Å². The number of aromatic nitrogens is 2. The molecule has 1 N–H and O–H groups in total. The Balaban J connectivity index is 1.52. The van der Waals surface area contributed by atoms with Crippen molar-refractivity contribution >= 4 is 17.7 Å². The molecule has 30 heavy (non-hydrogen) atoms. The molecule has 1 aromatic heterocycles. The Labute approximate surface area is 169 Å². The number of hydrogen-bond acceptors (Lipinski definition) is 4. The Kier molecular flexibility index (Phi) is 4.67. The second-order valence-corrected chi connectivity index (χ2v) is 7.72. The number of benzene rings is 1. The minimum atomic E-state index is -2.86. The Morgan fingerprint density at radius 2 is 1.90 bits per heavy atom. The van der Waals surface area contributed by atoms with Crippen molar-refractivity contribution in [3.05, 3.63) is 42.1 Å². The van der Waals surface area contributed by atoms with Crippen LogP contribution in [0.2, 0.25) is 0 Å². The summed E-state index contributed by atoms with van der Waals surface area (Å²) in [5.74, 6) is -4.58. The number of rotatable bonds is 4. The van der Waals surface area contributed by atoms with Crippen molar-refractivity contribution in [1.82, 2.24) is 19.8 Å². The highest BCUT2D eigenvalue weighted by atomic mass is 19.3. The maximum absolute atomic E-state index is 13.5. The molecular formula is C20H19F3N4O3. The zero-order valence-electron chi connectivity index (χ0n) is 16.1. The van der Waals surface area contributed by atoms with Gasteiger partial charge in [-0.05, 0) is 25.0 Å². The fourth-order valence-corrected chi connectivity index (χ4v) is 4.00. The standard InChI is InChI=1S/C20H19F3N4O3/c1-26-14(12-3-2-4-13(21)9-12)10-24-16(26)15(28)11-27-17(29)19(25-18(27)30)5-7-20(22,23)8-6-19/h2-4,9-10H,5-8,11H2,1H3,(H,25,30). The van der Waals surface area contributed by atoms with Crippen LogP contribution in [0.15, 0.2) is 30.5 Å². The predicted octanol–water partition coefficient (Wildman–Crippen LogP) is 2.91. The van der Waals surface area contributed by atoms with Gasteiger partial charge in [-0.1, -0.05) is 12.1 Å². The van der Waals surface area contributed by atoms with Crippen molar-refractivity contribution in [2.24, 2.45) is 7.05 Å². The van der Waals surface area contributed by atoms with Gasteiger partial charge in [0, 0.05) is 25.5 Å². The van der Waals surface area contributed by atoms with Crippen LogP contribution in [0.25, 0.3) is 11.3 Å². The highest BCUT2D eigenvalue weighted by Gasteiger charge is 2.55. The molecule has 1 saturated carbocycles. The van der Waals surface area contributed by atoms with Crippen molar-refractivity contribution in [1.29, 1.82) is 0 Å². The number of carbonyl (C=O) groups is 3. The summed E-state index contributed by atoms with van der Waals surface area (Å²) >= 11 is 0. The van der Waals surface area contributed by atoms with Crippen LogP contribution in [0.4, 0.5) is 18.0 Å². The normalized spacial score (nSPS) is 19.9. The van der Waals surface area contributed by atoms with E-state index in [1.54, 1.807) is 13.1 Å². The lowest BCUT2D eigenvalue weighted by Crippen LogP contribution is -2.51. The molecule has 2 aliphatic rings. The van der Waals surface area contributed by atoms with E-state index < -0.39 is 54.4 Å². The fourth-order valence-electron chi connectivity index (χ4n) is 4.00. The van der Waals surface area contributed by atoms with Gasteiger partial charge in [-0.25, -0.2) is 22.9 Å². The summed E-state index contributed by atoms with van der Waals surface area (Å²) < 4.78 is 41.9. The SMILES string of the molecule is Cn1c(-c2cccc(F)c2)cnc1C(=O)CN1C(=O)NC2(CCC(F)(F)CC2)C1=O. The van der Waals surface area contributed by atoms with Crippen molar-refractivity contribution in [2.75, 3.05) is 6.54 Å². The number of amides is 3. The Morgan fingerprint density at radius 1 is 1.20 bits per heavy atom. The van der Waals surface area contributed by atoms with E-state index in [0.717, 1.165) is 4.90 Å². The summed E-state index contributed by atoms with van der Waals surface area (Å²) in [6.07, 6.45) is 0.0374. The number of nitrogens with zero attached hydrogens (tertiary/aromatic N) is 3. The Morgan fingerprint density at radius 3 is 2.57 bits per heavy atom. The minimum Gasteiger partial charge on any atom is -0.325 e. The second-order valence-electron chi connectivity index (χ2n) is 7.72. The maximum atomic E-state index is 13.5. The van der Waals surface area contributed by atoms with Gasteiger partial charge in [-0.15, -0.1) is 0 Å². The number of carbonyl (C=O) groups excluding carboxylic acids is 3. The molecule has 3 amide bonds. The van der Waals surface area contributed by atoms with Crippen LogP contribution in [0.1, 0.15) is 36.3 Å². The van der Waals surface area contributed by atoms with E-state index in [2.05, 4.69) is 10.3 Å². The van der Waals surface area contributed by atoms with Gasteiger partial charge < -0.3 is 9.88 Å². The molecule has 0 bridgehead atoms. The van der Waals surface area contributed by atoms with E-state index in [-0.39, 0.29) is 18.7 Å². The number of ketones is 1. The topological polar surface area (TPSA) is 84.3 Å². The van der Waals surface area contributed by atoms with Crippen LogP contribution in [0, 0.1) is 5.82 Å². The lowest BCUT2D eigenvalue weighted by Gasteiger charge is -2.34. The third-order valence-electron chi connectivity index (χ3n) is 5.74. The highest BCUT2D eigenvalue weighted by Crippen LogP contribution is 2.41. The van der Waals surface area contributed by atoms with Gasteiger partial charge in [0.15, 0.2) is 5.82 Å². The molecule has 1 aliphatic heterocycles. The molecule has 2 heterocycles. The van der Waals surface area contributed by atoms with Gasteiger partial charge in [-0.2, -0.15) is 0 Å². The molecule has 2 fully saturated rings. The van der Waals surface area contributed by atoms with E-state index in [4.69, 9.17) is 0 Å². The highest BCUT2D eigenvalue weighted by molar-refractivity contribution is 6.10. The first-order valence-corrected chi connectivity index (χ1v) is 9.45. The number of nitrogens with one attached hydrogen (secondary N) is 1. The van der Waals surface area contributed by atoms with Gasteiger partial charge in [-0.3, -0.25) is 14.5 Å². The van der Waals surface area contributed by atoms with Gasteiger partial charge >= 0.3 is 6.03 Å². The third kappa shape index (κ3) is 3.35. The molecule has 10 heteroatoms. The Bertz CT molecular complexity index is 1040. The van der Waals surface area contributed by atoms with Gasteiger partial charge in [0.05, 0.1) is 18.4 Å². The third-order valence-corrected chi connectivity index (χ3v) is 5.74. The molecule has 1 aromatic carbocycles. The van der Waals surface area contributed by atoms with Crippen LogP contribution in [0.3, 0.4) is 0 Å². The average Bonchev–Trinajstić information content (AvgIpc) is 3.18. The number of hydrogen-bond donors (Lipinski definition) is 1. The van der Waals surface area contributed by atoms with Gasteiger partial charge in [0.1, 0.15) is 11.4 Å². The number of imidazole rings is 1. The summed E-state index contributed by atoms with van der Waals surface area (Å²) in [6, 6.07) is 5.00. The second kappa shape index (κ2) is 6.96. The van der Waals surface area contributed by atoms with E-state index in [0.29, 0.717) is 11.3 Å².